The van der Waals surface area contributed by atoms with Gasteiger partial charge in [-0.2, -0.15) is 0 Å². The molecule has 0 aliphatic heterocycles. The van der Waals surface area contributed by atoms with Crippen LogP contribution in [0.2, 0.25) is 0 Å². The van der Waals surface area contributed by atoms with E-state index < -0.39 is 0 Å². The van der Waals surface area contributed by atoms with Crippen molar-refractivity contribution < 1.29 is 18.7 Å². The Morgan fingerprint density at radius 3 is 2.50 bits per heavy atom. The van der Waals surface area contributed by atoms with Gasteiger partial charge in [0.25, 0.3) is 11.8 Å². The number of aromatic nitrogens is 1. The smallest absolute Gasteiger partial charge is 0.277 e. The van der Waals surface area contributed by atoms with Gasteiger partial charge < -0.3 is 19.8 Å². The zero-order chi connectivity index (χ0) is 19.5. The van der Waals surface area contributed by atoms with Gasteiger partial charge in [0.05, 0.1) is 12.8 Å². The molecule has 0 spiro atoms. The Morgan fingerprint density at radius 1 is 1.04 bits per heavy atom. The predicted octanol–water partition coefficient (Wildman–Crippen LogP) is 4.07. The van der Waals surface area contributed by atoms with Gasteiger partial charge >= 0.3 is 0 Å². The maximum Gasteiger partial charge on any atom is 0.277 e. The van der Waals surface area contributed by atoms with E-state index in [-0.39, 0.29) is 11.8 Å². The molecule has 28 heavy (non-hydrogen) atoms. The van der Waals surface area contributed by atoms with Gasteiger partial charge in [0.15, 0.2) is 12.1 Å². The van der Waals surface area contributed by atoms with Crippen LogP contribution in [-0.2, 0) is 0 Å². The van der Waals surface area contributed by atoms with Crippen molar-refractivity contribution in [2.45, 2.75) is 18.8 Å². The highest BCUT2D eigenvalue weighted by molar-refractivity contribution is 6.06. The van der Waals surface area contributed by atoms with Gasteiger partial charge in [-0.15, -0.1) is 0 Å². The van der Waals surface area contributed by atoms with E-state index in [4.69, 9.17) is 9.15 Å². The number of hydrogen-bond donors (Lipinski definition) is 2. The lowest BCUT2D eigenvalue weighted by atomic mass is 10.1. The zero-order valence-corrected chi connectivity index (χ0v) is 15.3. The molecular weight excluding hydrogens is 358 g/mol. The second-order valence-corrected chi connectivity index (χ2v) is 6.53. The molecule has 0 saturated heterocycles. The van der Waals surface area contributed by atoms with Crippen LogP contribution in [-0.4, -0.2) is 23.9 Å². The number of benzene rings is 2. The van der Waals surface area contributed by atoms with Crippen LogP contribution in [0.3, 0.4) is 0 Å². The minimum absolute atomic E-state index is 0.269. The summed E-state index contributed by atoms with van der Waals surface area (Å²) >= 11 is 0. The van der Waals surface area contributed by atoms with Gasteiger partial charge in [0.2, 0.25) is 0 Å². The summed E-state index contributed by atoms with van der Waals surface area (Å²) in [6.07, 6.45) is 3.34. The van der Waals surface area contributed by atoms with Crippen molar-refractivity contribution >= 4 is 23.2 Å². The predicted molar refractivity (Wildman–Crippen MR) is 104 cm³/mol. The summed E-state index contributed by atoms with van der Waals surface area (Å²) < 4.78 is 10.6. The van der Waals surface area contributed by atoms with E-state index in [1.54, 1.807) is 43.5 Å². The number of nitrogens with zero attached hydrogens (tertiary/aromatic N) is 1. The first-order valence-corrected chi connectivity index (χ1v) is 8.95. The molecule has 7 nitrogen and oxygen atoms in total. The van der Waals surface area contributed by atoms with E-state index in [0.717, 1.165) is 12.8 Å². The van der Waals surface area contributed by atoms with Gasteiger partial charge in [-0.3, -0.25) is 9.59 Å². The van der Waals surface area contributed by atoms with Crippen LogP contribution in [0.25, 0.3) is 0 Å². The molecule has 2 aromatic carbocycles. The fourth-order valence-corrected chi connectivity index (χ4v) is 2.90. The number of oxazole rings is 1. The Morgan fingerprint density at radius 2 is 1.79 bits per heavy atom. The molecule has 0 unspecified atom stereocenters. The summed E-state index contributed by atoms with van der Waals surface area (Å²) in [5.41, 5.74) is 1.94. The van der Waals surface area contributed by atoms with E-state index in [1.165, 1.54) is 6.39 Å². The van der Waals surface area contributed by atoms with Crippen molar-refractivity contribution in [3.8, 4) is 5.75 Å². The molecule has 0 atom stereocenters. The molecule has 1 aliphatic rings. The van der Waals surface area contributed by atoms with Crippen LogP contribution >= 0.6 is 0 Å². The van der Waals surface area contributed by atoms with Gasteiger partial charge in [0, 0.05) is 17.2 Å². The summed E-state index contributed by atoms with van der Waals surface area (Å²) in [7, 11) is 1.55. The minimum Gasteiger partial charge on any atom is -0.495 e. The van der Waals surface area contributed by atoms with Crippen LogP contribution < -0.4 is 15.4 Å². The van der Waals surface area contributed by atoms with E-state index in [2.05, 4.69) is 15.6 Å². The third-order valence-corrected chi connectivity index (χ3v) is 4.52. The lowest BCUT2D eigenvalue weighted by molar-refractivity contribution is 0.101. The maximum absolute atomic E-state index is 12.5. The molecule has 1 aromatic heterocycles. The summed E-state index contributed by atoms with van der Waals surface area (Å²) in [4.78, 5) is 28.9. The van der Waals surface area contributed by atoms with Gasteiger partial charge in [-0.05, 0) is 49.2 Å². The summed E-state index contributed by atoms with van der Waals surface area (Å²) in [6.45, 7) is 0. The lowest BCUT2D eigenvalue weighted by Crippen LogP contribution is -2.15. The number of hydrogen-bond acceptors (Lipinski definition) is 5. The Kier molecular flexibility index (Phi) is 4.80. The first-order valence-electron chi connectivity index (χ1n) is 8.95. The molecular formula is C21H19N3O4. The van der Waals surface area contributed by atoms with Gasteiger partial charge in [-0.1, -0.05) is 12.1 Å². The highest BCUT2D eigenvalue weighted by Crippen LogP contribution is 2.41. The minimum atomic E-state index is -0.318. The van der Waals surface area contributed by atoms with Crippen LogP contribution in [0.15, 0.2) is 59.3 Å². The molecule has 1 heterocycles. The quantitative estimate of drug-likeness (QED) is 0.675. The second kappa shape index (κ2) is 7.56. The number of carbonyl (C=O) groups is 2. The molecule has 0 radical (unpaired) electrons. The zero-order valence-electron chi connectivity index (χ0n) is 15.3. The van der Waals surface area contributed by atoms with Crippen LogP contribution in [0, 0.1) is 0 Å². The SMILES string of the molecule is COc1ccccc1NC(=O)c1ccc(NC(=O)c2ncoc2C2CC2)cc1. The average molecular weight is 377 g/mol. The molecule has 7 heteroatoms. The number of rotatable bonds is 6. The van der Waals surface area contributed by atoms with E-state index in [1.807, 2.05) is 12.1 Å². The monoisotopic (exact) mass is 377 g/mol. The summed E-state index contributed by atoms with van der Waals surface area (Å²) in [6, 6.07) is 13.8. The van der Waals surface area contributed by atoms with E-state index >= 15 is 0 Å². The summed E-state index contributed by atoms with van der Waals surface area (Å²) in [5.74, 6) is 0.935. The number of anilines is 2. The second-order valence-electron chi connectivity index (χ2n) is 6.53. The number of carbonyl (C=O) groups excluding carboxylic acids is 2. The number of nitrogens with one attached hydrogen (secondary N) is 2. The standard InChI is InChI=1S/C21H19N3O4/c1-27-17-5-3-2-4-16(17)24-20(25)14-8-10-15(11-9-14)23-21(26)18-19(13-6-7-13)28-12-22-18/h2-5,8-13H,6-7H2,1H3,(H,23,26)(H,24,25). The van der Waals surface area contributed by atoms with Gasteiger partial charge in [-0.25, -0.2) is 4.98 Å². The molecule has 4 rings (SSSR count). The molecule has 1 saturated carbocycles. The Hall–Kier alpha value is -3.61. The van der Waals surface area contributed by atoms with Crippen molar-refractivity contribution in [2.24, 2.45) is 0 Å². The Bertz CT molecular complexity index is 1010. The van der Waals surface area contributed by atoms with Crippen molar-refractivity contribution in [2.75, 3.05) is 17.7 Å². The van der Waals surface area contributed by atoms with Crippen molar-refractivity contribution in [1.29, 1.82) is 0 Å². The molecule has 2 amide bonds. The molecule has 2 N–H and O–H groups in total. The van der Waals surface area contributed by atoms with Crippen LogP contribution in [0.1, 0.15) is 45.4 Å². The lowest BCUT2D eigenvalue weighted by Gasteiger charge is -2.10. The average Bonchev–Trinajstić information content (AvgIpc) is 3.45. The highest BCUT2D eigenvalue weighted by Gasteiger charge is 2.32. The number of methoxy groups -OCH3 is 1. The topological polar surface area (TPSA) is 93.5 Å². The molecule has 1 fully saturated rings. The molecule has 3 aromatic rings. The van der Waals surface area contributed by atoms with Crippen molar-refractivity contribution in [1.82, 2.24) is 4.98 Å². The van der Waals surface area contributed by atoms with Crippen LogP contribution in [0.5, 0.6) is 5.75 Å². The molecule has 1 aliphatic carbocycles. The Balaban J connectivity index is 1.42. The van der Waals surface area contributed by atoms with Crippen molar-refractivity contribution in [3.05, 3.63) is 71.9 Å². The fourth-order valence-electron chi connectivity index (χ4n) is 2.90. The number of para-hydroxylation sites is 2. The summed E-state index contributed by atoms with van der Waals surface area (Å²) in [5, 5.41) is 5.60. The third kappa shape index (κ3) is 3.73. The van der Waals surface area contributed by atoms with E-state index in [0.29, 0.717) is 40.1 Å². The highest BCUT2D eigenvalue weighted by atomic mass is 16.5. The van der Waals surface area contributed by atoms with Gasteiger partial charge in [0.1, 0.15) is 11.5 Å². The largest absolute Gasteiger partial charge is 0.495 e. The van der Waals surface area contributed by atoms with Crippen LogP contribution in [0.4, 0.5) is 11.4 Å². The number of amides is 2. The first kappa shape index (κ1) is 17.8. The fraction of sp³-hybridized carbons (Fsp3) is 0.190. The van der Waals surface area contributed by atoms with E-state index in [9.17, 15) is 9.59 Å². The maximum atomic E-state index is 12.5. The number of ether oxygens (including phenoxy) is 1. The normalized spacial score (nSPS) is 13.0. The molecule has 142 valence electrons. The third-order valence-electron chi connectivity index (χ3n) is 4.52. The Labute approximate surface area is 161 Å². The molecule has 0 bridgehead atoms. The van der Waals surface area contributed by atoms with Crippen molar-refractivity contribution in [3.63, 3.8) is 0 Å². The first-order chi connectivity index (χ1) is 13.7.